The van der Waals surface area contributed by atoms with Crippen molar-refractivity contribution in [3.63, 3.8) is 0 Å². The predicted molar refractivity (Wildman–Crippen MR) is 144 cm³/mol. The molecule has 0 saturated carbocycles. The number of fused-ring (bicyclic) bond motifs is 4. The topological polar surface area (TPSA) is 17.0 Å². The van der Waals surface area contributed by atoms with E-state index in [2.05, 4.69) is 108 Å². The van der Waals surface area contributed by atoms with Crippen molar-refractivity contribution in [3.8, 4) is 11.3 Å². The molecule has 0 radical (unpaired) electrons. The van der Waals surface area contributed by atoms with Crippen molar-refractivity contribution in [2.24, 2.45) is 7.05 Å². The van der Waals surface area contributed by atoms with Gasteiger partial charge in [0.25, 0.3) is 0 Å². The quantitative estimate of drug-likeness (QED) is 0.205. The minimum Gasteiger partial charge on any atom is -0.455 e. The molecule has 168 valence electrons. The van der Waals surface area contributed by atoms with Crippen LogP contribution < -0.4 is 9.75 Å². The van der Waals surface area contributed by atoms with Crippen molar-refractivity contribution in [1.82, 2.24) is 0 Å². The summed E-state index contributed by atoms with van der Waals surface area (Å²) in [5.74, 6) is 0. The minimum atomic E-state index is -1.49. The van der Waals surface area contributed by atoms with Gasteiger partial charge in [-0.2, -0.15) is 4.57 Å². The van der Waals surface area contributed by atoms with Crippen LogP contribution in [0.25, 0.3) is 44.1 Å². The molecular weight excluding hydrogens is 418 g/mol. The summed E-state index contributed by atoms with van der Waals surface area (Å²) >= 11 is 0. The van der Waals surface area contributed by atoms with E-state index in [-0.39, 0.29) is 0 Å². The lowest BCUT2D eigenvalue weighted by atomic mass is 9.95. The van der Waals surface area contributed by atoms with Gasteiger partial charge in [0, 0.05) is 28.3 Å². The van der Waals surface area contributed by atoms with Crippen LogP contribution in [0.4, 0.5) is 0 Å². The van der Waals surface area contributed by atoms with Crippen LogP contribution in [0.15, 0.2) is 59.0 Å². The molecule has 5 rings (SSSR count). The van der Waals surface area contributed by atoms with E-state index in [1.807, 2.05) is 6.07 Å². The van der Waals surface area contributed by atoms with Gasteiger partial charge in [-0.15, -0.1) is 0 Å². The van der Waals surface area contributed by atoms with Crippen molar-refractivity contribution in [2.45, 2.75) is 53.3 Å². The van der Waals surface area contributed by atoms with E-state index in [0.29, 0.717) is 5.54 Å². The molecule has 0 aliphatic rings. The number of hydrogen-bond donors (Lipinski definition) is 0. The minimum absolute atomic E-state index is 0.708. The van der Waals surface area contributed by atoms with E-state index in [1.54, 1.807) is 0 Å². The second-order valence-corrected chi connectivity index (χ2v) is 15.7. The van der Waals surface area contributed by atoms with Crippen LogP contribution in [0.3, 0.4) is 0 Å². The molecule has 0 amide bonds. The average molecular weight is 453 g/mol. The van der Waals surface area contributed by atoms with Gasteiger partial charge in [-0.3, -0.25) is 0 Å². The van der Waals surface area contributed by atoms with E-state index in [9.17, 15) is 0 Å². The lowest BCUT2D eigenvalue weighted by Crippen LogP contribution is -2.44. The Balaban J connectivity index is 1.83. The maximum absolute atomic E-state index is 6.46. The molecule has 0 atom stereocenters. The Hall–Kier alpha value is -2.91. The SMILES string of the molecule is Cc1cc2c(oc3ccccc32)c(-c2cc(C)c3cc([Si](C)(C)C(C)C)ccc3[n+]2C)c1C. The largest absolute Gasteiger partial charge is 0.455 e. The first-order valence-electron chi connectivity index (χ1n) is 12.0. The van der Waals surface area contributed by atoms with Crippen LogP contribution in [-0.4, -0.2) is 8.07 Å². The average Bonchev–Trinajstić information content (AvgIpc) is 3.15. The zero-order valence-electron chi connectivity index (χ0n) is 21.1. The summed E-state index contributed by atoms with van der Waals surface area (Å²) in [6.45, 7) is 16.4. The maximum Gasteiger partial charge on any atom is 0.217 e. The molecule has 2 aromatic heterocycles. The summed E-state index contributed by atoms with van der Waals surface area (Å²) in [5.41, 5.74) is 10.2. The van der Waals surface area contributed by atoms with E-state index in [4.69, 9.17) is 4.42 Å². The summed E-state index contributed by atoms with van der Waals surface area (Å²) in [6, 6.07) is 20.2. The maximum atomic E-state index is 6.46. The molecule has 2 heterocycles. The number of nitrogens with zero attached hydrogens (tertiary/aromatic N) is 1. The third-order valence-corrected chi connectivity index (χ3v) is 12.8. The molecule has 0 aliphatic heterocycles. The molecule has 0 saturated heterocycles. The molecule has 0 fully saturated rings. The Morgan fingerprint density at radius 3 is 2.27 bits per heavy atom. The molecule has 0 unspecified atom stereocenters. The number of para-hydroxylation sites is 1. The van der Waals surface area contributed by atoms with E-state index in [1.165, 1.54) is 54.8 Å². The number of benzene rings is 3. The third kappa shape index (κ3) is 3.25. The Morgan fingerprint density at radius 2 is 1.55 bits per heavy atom. The zero-order chi connectivity index (χ0) is 23.7. The molecule has 0 spiro atoms. The lowest BCUT2D eigenvalue weighted by molar-refractivity contribution is -0.633. The van der Waals surface area contributed by atoms with Gasteiger partial charge in [0.05, 0.1) is 13.6 Å². The van der Waals surface area contributed by atoms with E-state index < -0.39 is 8.07 Å². The van der Waals surface area contributed by atoms with Gasteiger partial charge in [0.15, 0.2) is 0 Å². The van der Waals surface area contributed by atoms with Crippen molar-refractivity contribution < 1.29 is 8.98 Å². The number of furan rings is 1. The molecule has 0 N–H and O–H groups in total. The van der Waals surface area contributed by atoms with Crippen molar-refractivity contribution in [3.05, 3.63) is 71.3 Å². The second kappa shape index (κ2) is 7.56. The summed E-state index contributed by atoms with van der Waals surface area (Å²) in [7, 11) is 0.705. The smallest absolute Gasteiger partial charge is 0.217 e. The molecule has 33 heavy (non-hydrogen) atoms. The summed E-state index contributed by atoms with van der Waals surface area (Å²) < 4.78 is 8.81. The first-order valence-corrected chi connectivity index (χ1v) is 15.0. The number of aromatic nitrogens is 1. The fourth-order valence-electron chi connectivity index (χ4n) is 5.02. The summed E-state index contributed by atoms with van der Waals surface area (Å²) in [6.07, 6.45) is 0. The highest BCUT2D eigenvalue weighted by molar-refractivity contribution is 6.91. The predicted octanol–water partition coefficient (Wildman–Crippen LogP) is 7.48. The Labute approximate surface area is 197 Å². The molecule has 0 aliphatic carbocycles. The molecule has 3 aromatic carbocycles. The van der Waals surface area contributed by atoms with Gasteiger partial charge in [0.2, 0.25) is 11.2 Å². The van der Waals surface area contributed by atoms with Crippen molar-refractivity contribution in [2.75, 3.05) is 0 Å². The van der Waals surface area contributed by atoms with Crippen LogP contribution in [0.2, 0.25) is 18.6 Å². The van der Waals surface area contributed by atoms with Crippen LogP contribution in [-0.2, 0) is 7.05 Å². The second-order valence-electron chi connectivity index (χ2n) is 10.5. The zero-order valence-corrected chi connectivity index (χ0v) is 22.1. The molecule has 5 aromatic rings. The van der Waals surface area contributed by atoms with Gasteiger partial charge in [0.1, 0.15) is 18.2 Å². The first-order chi connectivity index (χ1) is 15.6. The van der Waals surface area contributed by atoms with Crippen molar-refractivity contribution >= 4 is 46.1 Å². The van der Waals surface area contributed by atoms with E-state index in [0.717, 1.165) is 11.2 Å². The lowest BCUT2D eigenvalue weighted by Gasteiger charge is -2.27. The normalized spacial score (nSPS) is 12.5. The van der Waals surface area contributed by atoms with Gasteiger partial charge in [-0.05, 0) is 61.2 Å². The van der Waals surface area contributed by atoms with Gasteiger partial charge < -0.3 is 4.42 Å². The Bertz CT molecular complexity index is 1560. The highest BCUT2D eigenvalue weighted by Crippen LogP contribution is 2.39. The first kappa shape index (κ1) is 21.9. The number of pyridine rings is 1. The van der Waals surface area contributed by atoms with Crippen LogP contribution in [0.1, 0.15) is 30.5 Å². The summed E-state index contributed by atoms with van der Waals surface area (Å²) in [5, 5.41) is 5.27. The monoisotopic (exact) mass is 452 g/mol. The Morgan fingerprint density at radius 1 is 0.818 bits per heavy atom. The fourth-order valence-corrected chi connectivity index (χ4v) is 6.72. The van der Waals surface area contributed by atoms with Gasteiger partial charge in [-0.25, -0.2) is 0 Å². The van der Waals surface area contributed by atoms with Crippen LogP contribution in [0, 0.1) is 20.8 Å². The fraction of sp³-hybridized carbons (Fsp3) is 0.300. The van der Waals surface area contributed by atoms with E-state index >= 15 is 0 Å². The number of rotatable bonds is 3. The molecule has 3 heteroatoms. The van der Waals surface area contributed by atoms with Crippen LogP contribution in [0.5, 0.6) is 0 Å². The Kier molecular flexibility index (Phi) is 5.02. The summed E-state index contributed by atoms with van der Waals surface area (Å²) in [4.78, 5) is 0. The standard InChI is InChI=1S/C30H34NOSi/c1-18(2)33(7,8)22-13-14-26-24(17-22)20(4)16-27(31(26)6)29-21(5)19(3)15-25-23-11-9-10-12-28(23)32-30(25)29/h9-18H,1-8H3/q+1. The van der Waals surface area contributed by atoms with Crippen molar-refractivity contribution in [1.29, 1.82) is 0 Å². The third-order valence-electron chi connectivity index (χ3n) is 8.13. The highest BCUT2D eigenvalue weighted by Gasteiger charge is 2.29. The molecule has 0 bridgehead atoms. The molecule has 2 nitrogen and oxygen atoms in total. The van der Waals surface area contributed by atoms with Gasteiger partial charge >= 0.3 is 0 Å². The number of aryl methyl sites for hydroxylation is 3. The highest BCUT2D eigenvalue weighted by atomic mass is 28.3. The number of hydrogen-bond acceptors (Lipinski definition) is 1. The van der Waals surface area contributed by atoms with Gasteiger partial charge in [-0.1, -0.05) is 56.4 Å². The van der Waals surface area contributed by atoms with Crippen LogP contribution >= 0.6 is 0 Å². The molecular formula is C30H34NOSi+.